The molecule has 368 valence electrons. The first-order valence-corrected chi connectivity index (χ1v) is 27.9. The largest absolute Gasteiger partial charge is 0.466 e. The second-order valence-electron chi connectivity index (χ2n) is 19.3. The van der Waals surface area contributed by atoms with Crippen molar-refractivity contribution in [2.75, 3.05) is 13.2 Å². The van der Waals surface area contributed by atoms with Gasteiger partial charge in [-0.25, -0.2) is 0 Å². The summed E-state index contributed by atoms with van der Waals surface area (Å²) < 4.78 is 5.47. The van der Waals surface area contributed by atoms with E-state index in [4.69, 9.17) is 4.74 Å². The second-order valence-corrected chi connectivity index (χ2v) is 19.3. The van der Waals surface area contributed by atoms with E-state index in [1.54, 1.807) is 0 Å². The predicted molar refractivity (Wildman–Crippen MR) is 269 cm³/mol. The summed E-state index contributed by atoms with van der Waals surface area (Å²) in [5, 5.41) is 23.1. The summed E-state index contributed by atoms with van der Waals surface area (Å²) in [4.78, 5) is 24.4. The molecule has 0 aromatic rings. The highest BCUT2D eigenvalue weighted by Crippen LogP contribution is 2.17. The zero-order valence-corrected chi connectivity index (χ0v) is 41.9. The minimum Gasteiger partial charge on any atom is -0.466 e. The molecule has 3 N–H and O–H groups in total. The lowest BCUT2D eigenvalue weighted by Gasteiger charge is -2.22. The summed E-state index contributed by atoms with van der Waals surface area (Å²) >= 11 is 0. The van der Waals surface area contributed by atoms with Crippen molar-refractivity contribution in [2.45, 2.75) is 321 Å². The molecule has 0 aliphatic rings. The number of hydrogen-bond donors (Lipinski definition) is 3. The van der Waals surface area contributed by atoms with Crippen molar-refractivity contribution in [1.82, 2.24) is 5.32 Å². The molecule has 0 heterocycles. The molecular weight excluding hydrogens is 767 g/mol. The van der Waals surface area contributed by atoms with Gasteiger partial charge in [-0.3, -0.25) is 9.59 Å². The number of aliphatic hydroxyl groups excluding tert-OH is 2. The van der Waals surface area contributed by atoms with Crippen LogP contribution < -0.4 is 5.32 Å². The number of carbonyl (C=O) groups excluding carboxylic acids is 2. The third kappa shape index (κ3) is 48.1. The minimum atomic E-state index is -0.661. The van der Waals surface area contributed by atoms with Crippen molar-refractivity contribution in [3.05, 3.63) is 12.2 Å². The van der Waals surface area contributed by atoms with E-state index in [2.05, 4.69) is 31.3 Å². The molecule has 0 bridgehead atoms. The number of nitrogens with one attached hydrogen (secondary N) is 1. The standard InChI is InChI=1S/C56H109NO5/c1-3-5-7-9-11-13-14-15-27-30-34-38-42-46-50-56(61)62-51-47-43-39-35-31-28-25-23-21-19-17-16-18-20-22-24-26-29-33-37-41-45-49-55(60)57-53(52-58)54(59)48-44-40-36-32-12-10-8-6-4-2/h14-15,53-54,58-59H,3-13,16-52H2,1-2H3,(H,57,60)/b15-14-. The lowest BCUT2D eigenvalue weighted by atomic mass is 10.0. The number of allylic oxidation sites excluding steroid dienone is 2. The Kier molecular flexibility index (Phi) is 51.0. The number of rotatable bonds is 52. The maximum atomic E-state index is 12.4. The van der Waals surface area contributed by atoms with E-state index >= 15 is 0 Å². The number of hydrogen-bond acceptors (Lipinski definition) is 5. The fourth-order valence-electron chi connectivity index (χ4n) is 8.75. The van der Waals surface area contributed by atoms with E-state index in [-0.39, 0.29) is 18.5 Å². The smallest absolute Gasteiger partial charge is 0.305 e. The zero-order chi connectivity index (χ0) is 45.1. The number of esters is 1. The summed E-state index contributed by atoms with van der Waals surface area (Å²) in [6, 6.07) is -0.538. The van der Waals surface area contributed by atoms with E-state index in [1.165, 1.54) is 231 Å². The zero-order valence-electron chi connectivity index (χ0n) is 41.9. The summed E-state index contributed by atoms with van der Waals surface area (Å²) in [7, 11) is 0. The van der Waals surface area contributed by atoms with Crippen LogP contribution in [0.2, 0.25) is 0 Å². The van der Waals surface area contributed by atoms with Crippen LogP contribution in [0.1, 0.15) is 309 Å². The van der Waals surface area contributed by atoms with E-state index in [1.807, 2.05) is 0 Å². The van der Waals surface area contributed by atoms with Crippen molar-refractivity contribution in [2.24, 2.45) is 0 Å². The summed E-state index contributed by atoms with van der Waals surface area (Å²) in [6.07, 6.45) is 60.7. The van der Waals surface area contributed by atoms with Gasteiger partial charge in [-0.2, -0.15) is 0 Å². The van der Waals surface area contributed by atoms with Crippen LogP contribution in [-0.4, -0.2) is 47.4 Å². The Morgan fingerprint density at radius 3 is 1.15 bits per heavy atom. The van der Waals surface area contributed by atoms with Gasteiger partial charge < -0.3 is 20.3 Å². The molecule has 62 heavy (non-hydrogen) atoms. The molecule has 0 aliphatic heterocycles. The maximum absolute atomic E-state index is 12.4. The molecule has 0 saturated heterocycles. The van der Waals surface area contributed by atoms with Crippen LogP contribution in [0.15, 0.2) is 12.2 Å². The lowest BCUT2D eigenvalue weighted by molar-refractivity contribution is -0.143. The SMILES string of the molecule is CCCCCCC/C=C\CCCCCCCC(=O)OCCCCCCCCCCCCCCCCCCCCCCCCC(=O)NC(CO)C(O)CCCCCCCCCCC. The number of ether oxygens (including phenoxy) is 1. The monoisotopic (exact) mass is 876 g/mol. The molecule has 0 aliphatic carbocycles. The third-order valence-corrected chi connectivity index (χ3v) is 13.1. The molecule has 6 nitrogen and oxygen atoms in total. The van der Waals surface area contributed by atoms with Crippen molar-refractivity contribution in [3.8, 4) is 0 Å². The average Bonchev–Trinajstić information content (AvgIpc) is 3.27. The van der Waals surface area contributed by atoms with Crippen LogP contribution in [0.4, 0.5) is 0 Å². The number of unbranched alkanes of at least 4 members (excludes halogenated alkanes) is 39. The van der Waals surface area contributed by atoms with Crippen LogP contribution >= 0.6 is 0 Å². The molecule has 0 radical (unpaired) electrons. The Hall–Kier alpha value is -1.40. The average molecular weight is 876 g/mol. The highest BCUT2D eigenvalue weighted by atomic mass is 16.5. The van der Waals surface area contributed by atoms with Crippen LogP contribution in [0.5, 0.6) is 0 Å². The highest BCUT2D eigenvalue weighted by molar-refractivity contribution is 5.76. The van der Waals surface area contributed by atoms with E-state index in [0.29, 0.717) is 25.9 Å². The molecule has 0 aromatic heterocycles. The first-order valence-electron chi connectivity index (χ1n) is 27.9. The minimum absolute atomic E-state index is 0.00482. The molecule has 0 rings (SSSR count). The fraction of sp³-hybridized carbons (Fsp3) is 0.929. The van der Waals surface area contributed by atoms with Gasteiger partial charge in [0, 0.05) is 12.8 Å². The van der Waals surface area contributed by atoms with Gasteiger partial charge in [-0.1, -0.05) is 257 Å². The number of aliphatic hydroxyl groups is 2. The topological polar surface area (TPSA) is 95.9 Å². The molecule has 0 aromatic carbocycles. The Labute approximate surface area is 387 Å². The third-order valence-electron chi connectivity index (χ3n) is 13.1. The van der Waals surface area contributed by atoms with Gasteiger partial charge in [0.2, 0.25) is 5.91 Å². The van der Waals surface area contributed by atoms with E-state index in [0.717, 1.165) is 44.9 Å². The Morgan fingerprint density at radius 1 is 0.435 bits per heavy atom. The molecule has 6 heteroatoms. The van der Waals surface area contributed by atoms with Gasteiger partial charge in [0.15, 0.2) is 0 Å². The van der Waals surface area contributed by atoms with Gasteiger partial charge in [0.25, 0.3) is 0 Å². The van der Waals surface area contributed by atoms with Gasteiger partial charge in [-0.05, 0) is 51.4 Å². The van der Waals surface area contributed by atoms with Crippen molar-refractivity contribution in [3.63, 3.8) is 0 Å². The second kappa shape index (κ2) is 52.2. The normalized spacial score (nSPS) is 12.6. The lowest BCUT2D eigenvalue weighted by Crippen LogP contribution is -2.45. The van der Waals surface area contributed by atoms with Gasteiger partial charge in [0.1, 0.15) is 0 Å². The Balaban J connectivity index is 3.34. The first kappa shape index (κ1) is 60.6. The summed E-state index contributed by atoms with van der Waals surface area (Å²) in [6.45, 7) is 4.93. The molecule has 0 fully saturated rings. The van der Waals surface area contributed by atoms with E-state index in [9.17, 15) is 19.8 Å². The predicted octanol–water partition coefficient (Wildman–Crippen LogP) is 16.9. The molecule has 0 spiro atoms. The molecule has 1 amide bonds. The van der Waals surface area contributed by atoms with Crippen LogP contribution in [0, 0.1) is 0 Å². The summed E-state index contributed by atoms with van der Waals surface area (Å²) in [5.41, 5.74) is 0. The van der Waals surface area contributed by atoms with Crippen LogP contribution in [-0.2, 0) is 14.3 Å². The quantitative estimate of drug-likeness (QED) is 0.0321. The van der Waals surface area contributed by atoms with E-state index < -0.39 is 12.1 Å². The van der Waals surface area contributed by atoms with Gasteiger partial charge in [-0.15, -0.1) is 0 Å². The van der Waals surface area contributed by atoms with Crippen LogP contribution in [0.25, 0.3) is 0 Å². The van der Waals surface area contributed by atoms with Crippen molar-refractivity contribution in [1.29, 1.82) is 0 Å². The molecular formula is C56H109NO5. The van der Waals surface area contributed by atoms with Crippen LogP contribution in [0.3, 0.4) is 0 Å². The summed E-state index contributed by atoms with van der Waals surface area (Å²) in [5.74, 6) is -0.0320. The molecule has 2 atom stereocenters. The molecule has 0 saturated carbocycles. The van der Waals surface area contributed by atoms with Crippen molar-refractivity contribution >= 4 is 11.9 Å². The Bertz CT molecular complexity index is 924. The number of amides is 1. The van der Waals surface area contributed by atoms with Gasteiger partial charge >= 0.3 is 5.97 Å². The molecule has 2 unspecified atom stereocenters. The first-order chi connectivity index (χ1) is 30.5. The number of carbonyl (C=O) groups is 2. The highest BCUT2D eigenvalue weighted by Gasteiger charge is 2.20. The van der Waals surface area contributed by atoms with Crippen molar-refractivity contribution < 1.29 is 24.5 Å². The fourth-order valence-corrected chi connectivity index (χ4v) is 8.75. The maximum Gasteiger partial charge on any atom is 0.305 e. The van der Waals surface area contributed by atoms with Gasteiger partial charge in [0.05, 0.1) is 25.4 Å². The Morgan fingerprint density at radius 2 is 0.758 bits per heavy atom.